The maximum Gasteiger partial charge on any atom is 0.261 e. The standard InChI is InChI=1S/C9H8ClN3O2S/c1-7-6-11-13(12-7)8-2-4-9(5-3-8)16(10,14)15/h2-6H,1H3. The first-order valence-corrected chi connectivity index (χ1v) is 6.72. The summed E-state index contributed by atoms with van der Waals surface area (Å²) < 4.78 is 22.0. The third kappa shape index (κ3) is 2.23. The zero-order valence-corrected chi connectivity index (χ0v) is 9.90. The van der Waals surface area contributed by atoms with Gasteiger partial charge >= 0.3 is 0 Å². The molecule has 0 spiro atoms. The second kappa shape index (κ2) is 3.88. The summed E-state index contributed by atoms with van der Waals surface area (Å²) in [7, 11) is 1.52. The maximum atomic E-state index is 11.0. The van der Waals surface area contributed by atoms with Gasteiger partial charge in [0.15, 0.2) is 0 Å². The number of aromatic nitrogens is 3. The molecule has 2 rings (SSSR count). The van der Waals surface area contributed by atoms with Crippen LogP contribution < -0.4 is 0 Å². The topological polar surface area (TPSA) is 64.8 Å². The highest BCUT2D eigenvalue weighted by Gasteiger charge is 2.09. The Morgan fingerprint density at radius 2 is 1.88 bits per heavy atom. The number of benzene rings is 1. The first-order valence-electron chi connectivity index (χ1n) is 4.41. The Labute approximate surface area is 97.1 Å². The molecule has 0 saturated heterocycles. The predicted molar refractivity (Wildman–Crippen MR) is 59.1 cm³/mol. The third-order valence-electron chi connectivity index (χ3n) is 1.96. The summed E-state index contributed by atoms with van der Waals surface area (Å²) in [6.07, 6.45) is 1.62. The van der Waals surface area contributed by atoms with Crippen LogP contribution in [0, 0.1) is 6.92 Å². The molecule has 1 aromatic carbocycles. The van der Waals surface area contributed by atoms with Gasteiger partial charge in [-0.2, -0.15) is 15.0 Å². The number of rotatable bonds is 2. The second-order valence-corrected chi connectivity index (χ2v) is 5.77. The fraction of sp³-hybridized carbons (Fsp3) is 0.111. The van der Waals surface area contributed by atoms with Gasteiger partial charge in [0.25, 0.3) is 9.05 Å². The van der Waals surface area contributed by atoms with Crippen LogP contribution in [0.5, 0.6) is 0 Å². The molecule has 7 heteroatoms. The molecule has 0 aliphatic rings. The van der Waals surface area contributed by atoms with Crippen molar-refractivity contribution in [2.24, 2.45) is 0 Å². The van der Waals surface area contributed by atoms with Crippen LogP contribution in [0.2, 0.25) is 0 Å². The first-order chi connectivity index (χ1) is 7.47. The molecule has 0 radical (unpaired) electrons. The van der Waals surface area contributed by atoms with Crippen molar-refractivity contribution in [3.05, 3.63) is 36.2 Å². The number of hydrogen-bond acceptors (Lipinski definition) is 4. The molecule has 1 aromatic heterocycles. The van der Waals surface area contributed by atoms with Crippen LogP contribution >= 0.6 is 10.7 Å². The van der Waals surface area contributed by atoms with Gasteiger partial charge in [0, 0.05) is 10.7 Å². The smallest absolute Gasteiger partial charge is 0.207 e. The van der Waals surface area contributed by atoms with Gasteiger partial charge < -0.3 is 0 Å². The Morgan fingerprint density at radius 3 is 2.31 bits per heavy atom. The van der Waals surface area contributed by atoms with E-state index in [9.17, 15) is 8.42 Å². The van der Waals surface area contributed by atoms with Crippen LogP contribution in [0.4, 0.5) is 0 Å². The van der Waals surface area contributed by atoms with Gasteiger partial charge in [0.05, 0.1) is 22.5 Å². The fourth-order valence-electron chi connectivity index (χ4n) is 1.21. The molecule has 0 unspecified atom stereocenters. The molecule has 0 aliphatic heterocycles. The Kier molecular flexibility index (Phi) is 2.69. The quantitative estimate of drug-likeness (QED) is 0.765. The van der Waals surface area contributed by atoms with Crippen molar-refractivity contribution in [1.29, 1.82) is 0 Å². The summed E-state index contributed by atoms with van der Waals surface area (Å²) in [6.45, 7) is 1.82. The number of aryl methyl sites for hydroxylation is 1. The molecule has 0 aliphatic carbocycles. The summed E-state index contributed by atoms with van der Waals surface area (Å²) in [5, 5.41) is 8.10. The molecule has 1 heterocycles. The van der Waals surface area contributed by atoms with Crippen LogP contribution in [-0.4, -0.2) is 23.4 Å². The summed E-state index contributed by atoms with van der Waals surface area (Å²) in [4.78, 5) is 1.47. The van der Waals surface area contributed by atoms with E-state index in [0.717, 1.165) is 5.69 Å². The van der Waals surface area contributed by atoms with Crippen molar-refractivity contribution in [2.75, 3.05) is 0 Å². The molecule has 2 aromatic rings. The molecule has 0 saturated carbocycles. The molecular formula is C9H8ClN3O2S. The zero-order valence-electron chi connectivity index (χ0n) is 8.33. The van der Waals surface area contributed by atoms with Gasteiger partial charge in [-0.05, 0) is 31.2 Å². The van der Waals surface area contributed by atoms with Crippen molar-refractivity contribution >= 4 is 19.7 Å². The fourth-order valence-corrected chi connectivity index (χ4v) is 1.98. The van der Waals surface area contributed by atoms with Crippen LogP contribution in [0.1, 0.15) is 5.69 Å². The summed E-state index contributed by atoms with van der Waals surface area (Å²) >= 11 is 0. The first kappa shape index (κ1) is 11.1. The Bertz CT molecular complexity index is 604. The average Bonchev–Trinajstić information content (AvgIpc) is 2.64. The summed E-state index contributed by atoms with van der Waals surface area (Å²) in [5.74, 6) is 0. The molecule has 0 amide bonds. The van der Waals surface area contributed by atoms with Crippen molar-refractivity contribution in [1.82, 2.24) is 15.0 Å². The highest BCUT2D eigenvalue weighted by Crippen LogP contribution is 2.16. The van der Waals surface area contributed by atoms with Crippen molar-refractivity contribution < 1.29 is 8.42 Å². The van der Waals surface area contributed by atoms with E-state index < -0.39 is 9.05 Å². The van der Waals surface area contributed by atoms with Crippen LogP contribution in [0.3, 0.4) is 0 Å². The second-order valence-electron chi connectivity index (χ2n) is 3.21. The lowest BCUT2D eigenvalue weighted by Gasteiger charge is -2.00. The molecule has 0 atom stereocenters. The van der Waals surface area contributed by atoms with Gasteiger partial charge in [-0.25, -0.2) is 8.42 Å². The minimum Gasteiger partial charge on any atom is -0.207 e. The van der Waals surface area contributed by atoms with E-state index in [1.165, 1.54) is 16.9 Å². The van der Waals surface area contributed by atoms with E-state index in [1.54, 1.807) is 18.3 Å². The highest BCUT2D eigenvalue weighted by atomic mass is 35.7. The molecule has 84 valence electrons. The highest BCUT2D eigenvalue weighted by molar-refractivity contribution is 8.13. The molecule has 0 bridgehead atoms. The number of halogens is 1. The van der Waals surface area contributed by atoms with E-state index in [4.69, 9.17) is 10.7 Å². The summed E-state index contributed by atoms with van der Waals surface area (Å²) in [6, 6.07) is 6.01. The Morgan fingerprint density at radius 1 is 1.25 bits per heavy atom. The zero-order chi connectivity index (χ0) is 11.8. The normalized spacial score (nSPS) is 11.6. The third-order valence-corrected chi connectivity index (χ3v) is 3.33. The van der Waals surface area contributed by atoms with E-state index in [-0.39, 0.29) is 4.90 Å². The molecule has 0 N–H and O–H groups in total. The van der Waals surface area contributed by atoms with Crippen molar-refractivity contribution in [3.63, 3.8) is 0 Å². The van der Waals surface area contributed by atoms with Crippen molar-refractivity contribution in [2.45, 2.75) is 11.8 Å². The van der Waals surface area contributed by atoms with Gasteiger partial charge in [0.1, 0.15) is 0 Å². The monoisotopic (exact) mass is 257 g/mol. The van der Waals surface area contributed by atoms with Crippen LogP contribution in [0.15, 0.2) is 35.4 Å². The molecule has 5 nitrogen and oxygen atoms in total. The SMILES string of the molecule is Cc1cnn(-c2ccc(S(=O)(=O)Cl)cc2)n1. The maximum absolute atomic E-state index is 11.0. The largest absolute Gasteiger partial charge is 0.261 e. The van der Waals surface area contributed by atoms with Gasteiger partial charge in [-0.15, -0.1) is 0 Å². The van der Waals surface area contributed by atoms with Gasteiger partial charge in [-0.3, -0.25) is 0 Å². The van der Waals surface area contributed by atoms with E-state index in [2.05, 4.69) is 10.2 Å². The van der Waals surface area contributed by atoms with E-state index >= 15 is 0 Å². The lowest BCUT2D eigenvalue weighted by atomic mass is 10.3. The average molecular weight is 258 g/mol. The van der Waals surface area contributed by atoms with Gasteiger partial charge in [-0.1, -0.05) is 0 Å². The lowest BCUT2D eigenvalue weighted by Crippen LogP contribution is -1.99. The number of hydrogen-bond donors (Lipinski definition) is 0. The van der Waals surface area contributed by atoms with Crippen LogP contribution in [-0.2, 0) is 9.05 Å². The molecule has 0 fully saturated rings. The lowest BCUT2D eigenvalue weighted by molar-refractivity contribution is 0.609. The molecular weight excluding hydrogens is 250 g/mol. The number of nitrogens with zero attached hydrogens (tertiary/aromatic N) is 3. The minimum absolute atomic E-state index is 0.0572. The Hall–Kier alpha value is -1.40. The Balaban J connectivity index is 2.40. The van der Waals surface area contributed by atoms with Crippen molar-refractivity contribution in [3.8, 4) is 5.69 Å². The van der Waals surface area contributed by atoms with E-state index in [0.29, 0.717) is 5.69 Å². The minimum atomic E-state index is -3.67. The van der Waals surface area contributed by atoms with Crippen LogP contribution in [0.25, 0.3) is 5.69 Å². The predicted octanol–water partition coefficient (Wildman–Crippen LogP) is 1.50. The summed E-state index contributed by atoms with van der Waals surface area (Å²) in [5.41, 5.74) is 1.46. The molecule has 16 heavy (non-hydrogen) atoms. The van der Waals surface area contributed by atoms with Gasteiger partial charge in [0.2, 0.25) is 0 Å². The van der Waals surface area contributed by atoms with E-state index in [1.807, 2.05) is 6.92 Å².